The summed E-state index contributed by atoms with van der Waals surface area (Å²) in [6.07, 6.45) is -4.57. The Balaban J connectivity index is 3.02. The molecule has 0 N–H and O–H groups in total. The lowest BCUT2D eigenvalue weighted by atomic mass is 10.2. The van der Waals surface area contributed by atoms with Crippen LogP contribution in [0, 0.1) is 5.82 Å². The Morgan fingerprint density at radius 1 is 1.37 bits per heavy atom. The zero-order valence-corrected chi connectivity index (χ0v) is 11.8. The molecule has 1 rings (SSSR count). The van der Waals surface area contributed by atoms with E-state index in [1.165, 1.54) is 12.1 Å². The van der Waals surface area contributed by atoms with E-state index in [0.717, 1.165) is 6.07 Å². The molecule has 2 nitrogen and oxygen atoms in total. The van der Waals surface area contributed by atoms with Gasteiger partial charge < -0.3 is 4.90 Å². The maximum atomic E-state index is 13.7. The molecular weight excluding hydrogens is 353 g/mol. The van der Waals surface area contributed by atoms with E-state index in [1.807, 2.05) is 0 Å². The van der Waals surface area contributed by atoms with Crippen LogP contribution in [0.2, 0.25) is 0 Å². The zero-order chi connectivity index (χ0) is 14.6. The number of amides is 1. The molecule has 0 aliphatic rings. The fourth-order valence-corrected chi connectivity index (χ4v) is 1.98. The van der Waals surface area contributed by atoms with Crippen molar-refractivity contribution in [1.82, 2.24) is 4.90 Å². The van der Waals surface area contributed by atoms with Crippen LogP contribution < -0.4 is 0 Å². The lowest BCUT2D eigenvalue weighted by Gasteiger charge is -2.23. The third-order valence-corrected chi connectivity index (χ3v) is 2.98. The molecule has 0 unspecified atom stereocenters. The SMILES string of the molecule is O=C(c1cccc(Br)c1F)N(CCCl)CC(F)(F)F. The molecule has 0 bridgehead atoms. The molecule has 0 atom stereocenters. The largest absolute Gasteiger partial charge is 0.406 e. The van der Waals surface area contributed by atoms with Crippen molar-refractivity contribution in [3.8, 4) is 0 Å². The third-order valence-electron chi connectivity index (χ3n) is 2.19. The molecular formula is C11H9BrClF4NO. The van der Waals surface area contributed by atoms with Crippen LogP contribution in [0.5, 0.6) is 0 Å². The van der Waals surface area contributed by atoms with Crippen LogP contribution in [-0.4, -0.2) is 36.0 Å². The van der Waals surface area contributed by atoms with Crippen LogP contribution in [0.3, 0.4) is 0 Å². The summed E-state index contributed by atoms with van der Waals surface area (Å²) in [5.74, 6) is -2.11. The molecule has 19 heavy (non-hydrogen) atoms. The number of rotatable bonds is 4. The summed E-state index contributed by atoms with van der Waals surface area (Å²) >= 11 is 8.23. The summed E-state index contributed by atoms with van der Waals surface area (Å²) in [7, 11) is 0. The number of benzene rings is 1. The van der Waals surface area contributed by atoms with Gasteiger partial charge >= 0.3 is 6.18 Å². The Morgan fingerprint density at radius 3 is 2.53 bits per heavy atom. The van der Waals surface area contributed by atoms with Crippen molar-refractivity contribution >= 4 is 33.4 Å². The van der Waals surface area contributed by atoms with Gasteiger partial charge in [-0.2, -0.15) is 13.2 Å². The van der Waals surface area contributed by atoms with Gasteiger partial charge in [-0.1, -0.05) is 6.07 Å². The van der Waals surface area contributed by atoms with Gasteiger partial charge in [-0.3, -0.25) is 4.79 Å². The lowest BCUT2D eigenvalue weighted by molar-refractivity contribution is -0.140. The fraction of sp³-hybridized carbons (Fsp3) is 0.364. The highest BCUT2D eigenvalue weighted by molar-refractivity contribution is 9.10. The van der Waals surface area contributed by atoms with Gasteiger partial charge in [-0.25, -0.2) is 4.39 Å². The second kappa shape index (κ2) is 6.56. The Kier molecular flexibility index (Phi) is 5.61. The monoisotopic (exact) mass is 361 g/mol. The average Bonchev–Trinajstić information content (AvgIpc) is 2.30. The van der Waals surface area contributed by atoms with Crippen LogP contribution >= 0.6 is 27.5 Å². The van der Waals surface area contributed by atoms with Crippen LogP contribution in [-0.2, 0) is 0 Å². The molecule has 0 spiro atoms. The molecule has 0 saturated heterocycles. The van der Waals surface area contributed by atoms with E-state index < -0.39 is 30.0 Å². The smallest absolute Gasteiger partial charge is 0.328 e. The van der Waals surface area contributed by atoms with Crippen molar-refractivity contribution in [2.45, 2.75) is 6.18 Å². The van der Waals surface area contributed by atoms with Crippen molar-refractivity contribution in [3.63, 3.8) is 0 Å². The first kappa shape index (κ1) is 16.2. The maximum Gasteiger partial charge on any atom is 0.406 e. The summed E-state index contributed by atoms with van der Waals surface area (Å²) in [6, 6.07) is 3.84. The van der Waals surface area contributed by atoms with Crippen LogP contribution in [0.15, 0.2) is 22.7 Å². The molecule has 8 heteroatoms. The van der Waals surface area contributed by atoms with Gasteiger partial charge in [0.1, 0.15) is 12.4 Å². The highest BCUT2D eigenvalue weighted by Crippen LogP contribution is 2.22. The molecule has 0 fully saturated rings. The highest BCUT2D eigenvalue weighted by atomic mass is 79.9. The van der Waals surface area contributed by atoms with Gasteiger partial charge in [0, 0.05) is 12.4 Å². The first-order valence-electron chi connectivity index (χ1n) is 5.12. The van der Waals surface area contributed by atoms with E-state index in [9.17, 15) is 22.4 Å². The lowest BCUT2D eigenvalue weighted by Crippen LogP contribution is -2.40. The summed E-state index contributed by atoms with van der Waals surface area (Å²) in [4.78, 5) is 12.4. The van der Waals surface area contributed by atoms with E-state index in [-0.39, 0.29) is 16.9 Å². The van der Waals surface area contributed by atoms with Crippen molar-refractivity contribution in [2.75, 3.05) is 19.0 Å². The maximum absolute atomic E-state index is 13.7. The zero-order valence-electron chi connectivity index (χ0n) is 9.48. The van der Waals surface area contributed by atoms with Crippen molar-refractivity contribution < 1.29 is 22.4 Å². The predicted octanol–water partition coefficient (Wildman–Crippen LogP) is 3.83. The van der Waals surface area contributed by atoms with Gasteiger partial charge in [-0.15, -0.1) is 11.6 Å². The molecule has 0 aliphatic heterocycles. The molecule has 0 aromatic heterocycles. The molecule has 0 radical (unpaired) electrons. The van der Waals surface area contributed by atoms with E-state index in [0.29, 0.717) is 4.90 Å². The Labute approximate surface area is 120 Å². The molecule has 0 saturated carbocycles. The number of alkyl halides is 4. The van der Waals surface area contributed by atoms with E-state index in [2.05, 4.69) is 15.9 Å². The standard InChI is InChI=1S/C11H9BrClF4NO/c12-8-3-1-2-7(9(8)14)10(19)18(5-4-13)6-11(15,16)17/h1-3H,4-6H2. The van der Waals surface area contributed by atoms with Crippen LogP contribution in [0.1, 0.15) is 10.4 Å². The minimum atomic E-state index is -4.57. The summed E-state index contributed by atoms with van der Waals surface area (Å²) < 4.78 is 50.7. The van der Waals surface area contributed by atoms with Gasteiger partial charge in [-0.05, 0) is 28.1 Å². The predicted molar refractivity (Wildman–Crippen MR) is 66.8 cm³/mol. The van der Waals surface area contributed by atoms with E-state index >= 15 is 0 Å². The molecule has 106 valence electrons. The molecule has 1 aromatic carbocycles. The van der Waals surface area contributed by atoms with Gasteiger partial charge in [0.25, 0.3) is 5.91 Å². The summed E-state index contributed by atoms with van der Waals surface area (Å²) in [5.41, 5.74) is -0.427. The number of nitrogens with zero attached hydrogens (tertiary/aromatic N) is 1. The number of hydrogen-bond donors (Lipinski definition) is 0. The van der Waals surface area contributed by atoms with Crippen molar-refractivity contribution in [2.24, 2.45) is 0 Å². The summed E-state index contributed by atoms with van der Waals surface area (Å²) in [5, 5.41) is 0. The second-order valence-electron chi connectivity index (χ2n) is 3.63. The molecule has 0 heterocycles. The van der Waals surface area contributed by atoms with Gasteiger partial charge in [0.15, 0.2) is 0 Å². The first-order chi connectivity index (χ1) is 8.76. The Hall–Kier alpha value is -0.820. The van der Waals surface area contributed by atoms with Gasteiger partial charge in [0.05, 0.1) is 10.0 Å². The van der Waals surface area contributed by atoms with Crippen molar-refractivity contribution in [1.29, 1.82) is 0 Å². The van der Waals surface area contributed by atoms with Gasteiger partial charge in [0.2, 0.25) is 0 Å². The molecule has 1 aromatic rings. The highest BCUT2D eigenvalue weighted by Gasteiger charge is 2.33. The summed E-state index contributed by atoms with van der Waals surface area (Å²) in [6.45, 7) is -1.78. The average molecular weight is 363 g/mol. The molecule has 0 aliphatic carbocycles. The molecule has 1 amide bonds. The first-order valence-corrected chi connectivity index (χ1v) is 6.45. The van der Waals surface area contributed by atoms with Crippen LogP contribution in [0.4, 0.5) is 17.6 Å². The number of carbonyl (C=O) groups excluding carboxylic acids is 1. The quantitative estimate of drug-likeness (QED) is 0.589. The number of hydrogen-bond acceptors (Lipinski definition) is 1. The number of carbonyl (C=O) groups is 1. The Morgan fingerprint density at radius 2 is 2.00 bits per heavy atom. The number of halogens is 6. The topological polar surface area (TPSA) is 20.3 Å². The van der Waals surface area contributed by atoms with Crippen LogP contribution in [0.25, 0.3) is 0 Å². The Bertz CT molecular complexity index is 466. The van der Waals surface area contributed by atoms with E-state index in [4.69, 9.17) is 11.6 Å². The normalized spacial score (nSPS) is 11.5. The van der Waals surface area contributed by atoms with Crippen molar-refractivity contribution in [3.05, 3.63) is 34.1 Å². The minimum Gasteiger partial charge on any atom is -0.328 e. The second-order valence-corrected chi connectivity index (χ2v) is 4.86. The fourth-order valence-electron chi connectivity index (χ4n) is 1.41. The minimum absolute atomic E-state index is 0.0104. The third kappa shape index (κ3) is 4.65. The van der Waals surface area contributed by atoms with E-state index in [1.54, 1.807) is 0 Å².